The number of benzene rings is 1. The van der Waals surface area contributed by atoms with Gasteiger partial charge in [-0.15, -0.1) is 0 Å². The van der Waals surface area contributed by atoms with Crippen molar-refractivity contribution in [2.45, 2.75) is 79.3 Å². The molecule has 0 atom stereocenters. The van der Waals surface area contributed by atoms with Crippen LogP contribution in [-0.4, -0.2) is 28.8 Å². The third kappa shape index (κ3) is 7.87. The highest BCUT2D eigenvalue weighted by molar-refractivity contribution is 5.70. The number of aliphatic hydroxyl groups is 1. The van der Waals surface area contributed by atoms with Crippen molar-refractivity contribution in [2.75, 3.05) is 0 Å². The molecule has 0 aliphatic rings. The Morgan fingerprint density at radius 3 is 2.35 bits per heavy atom. The van der Waals surface area contributed by atoms with Gasteiger partial charge < -0.3 is 19.3 Å². The minimum absolute atomic E-state index is 0.0780. The van der Waals surface area contributed by atoms with Crippen molar-refractivity contribution in [1.82, 2.24) is 0 Å². The fraction of sp³-hybridized carbons (Fsp3) is 0.600. The van der Waals surface area contributed by atoms with Gasteiger partial charge in [0.05, 0.1) is 12.7 Å². The fourth-order valence-electron chi connectivity index (χ4n) is 2.44. The van der Waals surface area contributed by atoms with Gasteiger partial charge in [-0.1, -0.05) is 0 Å². The van der Waals surface area contributed by atoms with Gasteiger partial charge in [0.25, 0.3) is 0 Å². The zero-order valence-corrected chi connectivity index (χ0v) is 16.5. The van der Waals surface area contributed by atoms with Crippen LogP contribution in [0.25, 0.3) is 0 Å². The Labute approximate surface area is 155 Å². The lowest BCUT2D eigenvalue weighted by Crippen LogP contribution is -2.24. The second-order valence-electron chi connectivity index (χ2n) is 7.42. The standard InChI is InChI=1S/C20H30O6/c1-13(2)25-18-10-15(12-24-14(3)22)9-16(11-21)17(18)7-8-19(23)26-20(4,5)6/h9-10,13,21H,7-8,11-12H2,1-6H3. The van der Waals surface area contributed by atoms with E-state index < -0.39 is 5.60 Å². The molecule has 0 unspecified atom stereocenters. The molecule has 6 nitrogen and oxygen atoms in total. The summed E-state index contributed by atoms with van der Waals surface area (Å²) in [6.45, 7) is 10.5. The van der Waals surface area contributed by atoms with E-state index in [4.69, 9.17) is 14.2 Å². The van der Waals surface area contributed by atoms with Crippen molar-refractivity contribution >= 4 is 11.9 Å². The van der Waals surface area contributed by atoms with Gasteiger partial charge in [0.15, 0.2) is 0 Å². The number of ether oxygens (including phenoxy) is 3. The van der Waals surface area contributed by atoms with E-state index in [2.05, 4.69) is 0 Å². The van der Waals surface area contributed by atoms with E-state index in [-0.39, 0.29) is 37.7 Å². The monoisotopic (exact) mass is 366 g/mol. The number of carbonyl (C=O) groups excluding carboxylic acids is 2. The first-order valence-electron chi connectivity index (χ1n) is 8.79. The summed E-state index contributed by atoms with van der Waals surface area (Å²) >= 11 is 0. The van der Waals surface area contributed by atoms with Gasteiger partial charge in [-0.2, -0.15) is 0 Å². The SMILES string of the molecule is CC(=O)OCc1cc(CO)c(CCC(=O)OC(C)(C)C)c(OC(C)C)c1. The van der Waals surface area contributed by atoms with E-state index in [0.29, 0.717) is 17.7 Å². The third-order valence-electron chi connectivity index (χ3n) is 3.34. The van der Waals surface area contributed by atoms with Crippen LogP contribution >= 0.6 is 0 Å². The number of esters is 2. The van der Waals surface area contributed by atoms with E-state index in [9.17, 15) is 14.7 Å². The highest BCUT2D eigenvalue weighted by Gasteiger charge is 2.19. The van der Waals surface area contributed by atoms with E-state index in [1.54, 1.807) is 12.1 Å². The minimum atomic E-state index is -0.540. The zero-order chi connectivity index (χ0) is 19.9. The molecular weight excluding hydrogens is 336 g/mol. The van der Waals surface area contributed by atoms with Gasteiger partial charge in [-0.05, 0) is 64.3 Å². The average Bonchev–Trinajstić information content (AvgIpc) is 2.48. The Bertz CT molecular complexity index is 628. The first-order valence-corrected chi connectivity index (χ1v) is 8.79. The molecule has 1 aromatic carbocycles. The van der Waals surface area contributed by atoms with Gasteiger partial charge in [-0.3, -0.25) is 9.59 Å². The van der Waals surface area contributed by atoms with Gasteiger partial charge in [0.2, 0.25) is 0 Å². The summed E-state index contributed by atoms with van der Waals surface area (Å²) in [5.74, 6) is -0.103. The quantitative estimate of drug-likeness (QED) is 0.711. The second-order valence-corrected chi connectivity index (χ2v) is 7.42. The van der Waals surface area contributed by atoms with E-state index >= 15 is 0 Å². The Morgan fingerprint density at radius 2 is 1.85 bits per heavy atom. The fourth-order valence-corrected chi connectivity index (χ4v) is 2.44. The van der Waals surface area contributed by atoms with Crippen molar-refractivity contribution in [3.63, 3.8) is 0 Å². The number of rotatable bonds is 8. The lowest BCUT2D eigenvalue weighted by atomic mass is 9.99. The Kier molecular flexibility index (Phi) is 8.08. The van der Waals surface area contributed by atoms with Crippen LogP contribution in [0.5, 0.6) is 5.75 Å². The van der Waals surface area contributed by atoms with Crippen molar-refractivity contribution in [3.05, 3.63) is 28.8 Å². The molecule has 0 aliphatic carbocycles. The molecule has 146 valence electrons. The van der Waals surface area contributed by atoms with E-state index in [1.165, 1.54) is 6.92 Å². The van der Waals surface area contributed by atoms with Crippen LogP contribution in [0.1, 0.15) is 64.7 Å². The van der Waals surface area contributed by atoms with E-state index in [1.807, 2.05) is 34.6 Å². The third-order valence-corrected chi connectivity index (χ3v) is 3.34. The van der Waals surface area contributed by atoms with Gasteiger partial charge in [-0.25, -0.2) is 0 Å². The first-order chi connectivity index (χ1) is 12.0. The molecule has 0 bridgehead atoms. The molecule has 0 aliphatic heterocycles. The molecule has 1 aromatic rings. The maximum absolute atomic E-state index is 12.0. The Hall–Kier alpha value is -2.08. The highest BCUT2D eigenvalue weighted by atomic mass is 16.6. The molecule has 0 saturated carbocycles. The largest absolute Gasteiger partial charge is 0.491 e. The topological polar surface area (TPSA) is 82.1 Å². The normalized spacial score (nSPS) is 11.4. The number of aliphatic hydroxyl groups excluding tert-OH is 1. The predicted molar refractivity (Wildman–Crippen MR) is 97.8 cm³/mol. The van der Waals surface area contributed by atoms with Crippen LogP contribution in [-0.2, 0) is 38.7 Å². The molecule has 6 heteroatoms. The van der Waals surface area contributed by atoms with Gasteiger partial charge in [0, 0.05) is 18.9 Å². The van der Waals surface area contributed by atoms with Crippen LogP contribution < -0.4 is 4.74 Å². The van der Waals surface area contributed by atoms with Crippen LogP contribution in [0.15, 0.2) is 12.1 Å². The van der Waals surface area contributed by atoms with Gasteiger partial charge in [0.1, 0.15) is 18.0 Å². The van der Waals surface area contributed by atoms with Crippen LogP contribution in [0.2, 0.25) is 0 Å². The summed E-state index contributed by atoms with van der Waals surface area (Å²) in [5, 5.41) is 9.75. The molecule has 0 aromatic heterocycles. The molecule has 0 fully saturated rings. The van der Waals surface area contributed by atoms with Crippen molar-refractivity contribution in [3.8, 4) is 5.75 Å². The molecule has 1 rings (SSSR count). The van der Waals surface area contributed by atoms with Crippen molar-refractivity contribution in [2.24, 2.45) is 0 Å². The van der Waals surface area contributed by atoms with E-state index in [0.717, 1.165) is 11.1 Å². The summed E-state index contributed by atoms with van der Waals surface area (Å²) in [6.07, 6.45) is 0.494. The summed E-state index contributed by atoms with van der Waals surface area (Å²) in [7, 11) is 0. The van der Waals surface area contributed by atoms with Crippen molar-refractivity contribution < 1.29 is 28.9 Å². The van der Waals surface area contributed by atoms with Gasteiger partial charge >= 0.3 is 11.9 Å². The maximum Gasteiger partial charge on any atom is 0.306 e. The second kappa shape index (κ2) is 9.57. The zero-order valence-electron chi connectivity index (χ0n) is 16.5. The predicted octanol–water partition coefficient (Wildman–Crippen LogP) is 3.30. The average molecular weight is 366 g/mol. The summed E-state index contributed by atoms with van der Waals surface area (Å²) in [5.41, 5.74) is 1.59. The molecule has 26 heavy (non-hydrogen) atoms. The molecule has 1 N–H and O–H groups in total. The highest BCUT2D eigenvalue weighted by Crippen LogP contribution is 2.28. The molecule has 0 heterocycles. The molecule has 0 spiro atoms. The Morgan fingerprint density at radius 1 is 1.19 bits per heavy atom. The number of carbonyl (C=O) groups is 2. The van der Waals surface area contributed by atoms with Crippen LogP contribution in [0.4, 0.5) is 0 Å². The number of hydrogen-bond donors (Lipinski definition) is 1. The van der Waals surface area contributed by atoms with Crippen LogP contribution in [0, 0.1) is 0 Å². The Balaban J connectivity index is 3.06. The summed E-state index contributed by atoms with van der Waals surface area (Å²) in [4.78, 5) is 23.1. The smallest absolute Gasteiger partial charge is 0.306 e. The lowest BCUT2D eigenvalue weighted by Gasteiger charge is -2.21. The number of hydrogen-bond acceptors (Lipinski definition) is 6. The molecule has 0 saturated heterocycles. The summed E-state index contributed by atoms with van der Waals surface area (Å²) in [6, 6.07) is 3.55. The first kappa shape index (κ1) is 22.0. The molecular formula is C20H30O6. The maximum atomic E-state index is 12.0. The lowest BCUT2D eigenvalue weighted by molar-refractivity contribution is -0.154. The molecule has 0 amide bonds. The summed E-state index contributed by atoms with van der Waals surface area (Å²) < 4.78 is 16.2. The molecule has 0 radical (unpaired) electrons. The van der Waals surface area contributed by atoms with Crippen molar-refractivity contribution in [1.29, 1.82) is 0 Å². The minimum Gasteiger partial charge on any atom is -0.491 e. The van der Waals surface area contributed by atoms with Crippen LogP contribution in [0.3, 0.4) is 0 Å².